The number of anilines is 1. The fourth-order valence-corrected chi connectivity index (χ4v) is 2.17. The molecule has 2 rings (SSSR count). The lowest BCUT2D eigenvalue weighted by atomic mass is 10.4. The van der Waals surface area contributed by atoms with Crippen LogP contribution < -0.4 is 5.32 Å². The number of halogens is 2. The lowest BCUT2D eigenvalue weighted by Crippen LogP contribution is -2.01. The number of thiazole rings is 1. The van der Waals surface area contributed by atoms with Gasteiger partial charge in [-0.1, -0.05) is 23.2 Å². The van der Waals surface area contributed by atoms with Gasteiger partial charge in [0, 0.05) is 10.9 Å². The Hall–Kier alpha value is -0.910. The van der Waals surface area contributed by atoms with Crippen LogP contribution in [0.5, 0.6) is 0 Å². The van der Waals surface area contributed by atoms with E-state index >= 15 is 0 Å². The molecular weight excluding hydrogens is 267 g/mol. The maximum atomic E-state index is 5.87. The van der Waals surface area contributed by atoms with Crippen molar-refractivity contribution in [2.75, 3.05) is 5.32 Å². The molecule has 0 radical (unpaired) electrons. The molecule has 0 amide bonds. The third kappa shape index (κ3) is 2.61. The van der Waals surface area contributed by atoms with Crippen molar-refractivity contribution in [2.24, 2.45) is 0 Å². The first-order valence-electron chi connectivity index (χ1n) is 4.48. The highest BCUT2D eigenvalue weighted by Crippen LogP contribution is 2.22. The van der Waals surface area contributed by atoms with Crippen LogP contribution in [0.25, 0.3) is 0 Å². The Kier molecular flexibility index (Phi) is 3.58. The smallest absolute Gasteiger partial charge is 0.174 e. The summed E-state index contributed by atoms with van der Waals surface area (Å²) < 4.78 is 0. The molecule has 2 aromatic rings. The molecule has 0 aliphatic carbocycles. The van der Waals surface area contributed by atoms with Crippen LogP contribution in [-0.4, -0.2) is 15.2 Å². The van der Waals surface area contributed by atoms with Gasteiger partial charge in [-0.25, -0.2) is 4.98 Å². The zero-order valence-electron chi connectivity index (χ0n) is 8.37. The van der Waals surface area contributed by atoms with Crippen LogP contribution in [0.3, 0.4) is 0 Å². The molecule has 0 saturated heterocycles. The molecular formula is C9H8Cl2N4S. The van der Waals surface area contributed by atoms with Crippen LogP contribution in [0.2, 0.25) is 10.3 Å². The van der Waals surface area contributed by atoms with Crippen molar-refractivity contribution in [1.82, 2.24) is 15.2 Å². The first-order valence-corrected chi connectivity index (χ1v) is 6.12. The Morgan fingerprint density at radius 2 is 2.19 bits per heavy atom. The van der Waals surface area contributed by atoms with E-state index in [0.29, 0.717) is 22.5 Å². The van der Waals surface area contributed by atoms with Gasteiger partial charge < -0.3 is 5.32 Å². The highest BCUT2D eigenvalue weighted by atomic mass is 35.5. The normalized spacial score (nSPS) is 10.4. The summed E-state index contributed by atoms with van der Waals surface area (Å²) in [5.74, 6) is 0. The average Bonchev–Trinajstić information content (AvgIpc) is 2.66. The molecule has 84 valence electrons. The van der Waals surface area contributed by atoms with E-state index in [9.17, 15) is 0 Å². The molecule has 0 spiro atoms. The van der Waals surface area contributed by atoms with Crippen LogP contribution >= 0.6 is 34.5 Å². The third-order valence-electron chi connectivity index (χ3n) is 2.00. The second-order valence-electron chi connectivity index (χ2n) is 3.09. The Morgan fingerprint density at radius 3 is 2.88 bits per heavy atom. The summed E-state index contributed by atoms with van der Waals surface area (Å²) in [6.07, 6.45) is 0. The maximum Gasteiger partial charge on any atom is 0.174 e. The minimum Gasteiger partial charge on any atom is -0.377 e. The van der Waals surface area contributed by atoms with Gasteiger partial charge in [0.1, 0.15) is 0 Å². The minimum atomic E-state index is 0.312. The van der Waals surface area contributed by atoms with Gasteiger partial charge in [0.05, 0.1) is 23.4 Å². The third-order valence-corrected chi connectivity index (χ3v) is 3.40. The second-order valence-corrected chi connectivity index (χ2v) is 4.77. The van der Waals surface area contributed by atoms with E-state index in [0.717, 1.165) is 10.6 Å². The van der Waals surface area contributed by atoms with E-state index < -0.39 is 0 Å². The molecule has 0 aliphatic heterocycles. The van der Waals surface area contributed by atoms with Gasteiger partial charge in [0.25, 0.3) is 0 Å². The predicted molar refractivity (Wildman–Crippen MR) is 66.2 cm³/mol. The van der Waals surface area contributed by atoms with E-state index in [1.165, 1.54) is 0 Å². The SMILES string of the molecule is Cc1ncsc1CNc1cc(Cl)nnc1Cl. The minimum absolute atomic E-state index is 0.312. The number of hydrogen-bond acceptors (Lipinski definition) is 5. The van der Waals surface area contributed by atoms with E-state index in [-0.39, 0.29) is 0 Å². The highest BCUT2D eigenvalue weighted by Gasteiger charge is 2.05. The summed E-state index contributed by atoms with van der Waals surface area (Å²) in [4.78, 5) is 5.32. The number of aryl methyl sites for hydroxylation is 1. The van der Waals surface area contributed by atoms with Crippen molar-refractivity contribution in [3.05, 3.63) is 32.5 Å². The zero-order chi connectivity index (χ0) is 11.5. The summed E-state index contributed by atoms with van der Waals surface area (Å²) in [7, 11) is 0. The molecule has 7 heteroatoms. The van der Waals surface area contributed by atoms with Gasteiger partial charge in [0.15, 0.2) is 10.3 Å². The molecule has 0 bridgehead atoms. The van der Waals surface area contributed by atoms with Gasteiger partial charge >= 0.3 is 0 Å². The molecule has 4 nitrogen and oxygen atoms in total. The molecule has 0 aliphatic rings. The number of hydrogen-bond donors (Lipinski definition) is 1. The van der Waals surface area contributed by atoms with Crippen LogP contribution in [0.4, 0.5) is 5.69 Å². The number of rotatable bonds is 3. The quantitative estimate of drug-likeness (QED) is 0.934. The number of aromatic nitrogens is 3. The highest BCUT2D eigenvalue weighted by molar-refractivity contribution is 7.09. The van der Waals surface area contributed by atoms with Crippen LogP contribution in [0.1, 0.15) is 10.6 Å². The Balaban J connectivity index is 2.10. The molecule has 16 heavy (non-hydrogen) atoms. The summed E-state index contributed by atoms with van der Waals surface area (Å²) in [5, 5.41) is 11.1. The summed E-state index contributed by atoms with van der Waals surface area (Å²) in [5.41, 5.74) is 3.50. The first-order chi connectivity index (χ1) is 7.66. The average molecular weight is 275 g/mol. The van der Waals surface area contributed by atoms with Gasteiger partial charge in [-0.3, -0.25) is 0 Å². The van der Waals surface area contributed by atoms with Gasteiger partial charge in [-0.2, -0.15) is 0 Å². The lowest BCUT2D eigenvalue weighted by molar-refractivity contribution is 1.02. The van der Waals surface area contributed by atoms with Crippen LogP contribution in [-0.2, 0) is 6.54 Å². The van der Waals surface area contributed by atoms with Crippen molar-refractivity contribution in [1.29, 1.82) is 0 Å². The molecule has 2 aromatic heterocycles. The molecule has 1 N–H and O–H groups in total. The lowest BCUT2D eigenvalue weighted by Gasteiger charge is -2.06. The monoisotopic (exact) mass is 274 g/mol. The van der Waals surface area contributed by atoms with Crippen molar-refractivity contribution in [3.8, 4) is 0 Å². The largest absolute Gasteiger partial charge is 0.377 e. The molecule has 0 unspecified atom stereocenters. The van der Waals surface area contributed by atoms with Gasteiger partial charge in [-0.15, -0.1) is 21.5 Å². The molecule has 2 heterocycles. The van der Waals surface area contributed by atoms with E-state index in [1.807, 2.05) is 12.4 Å². The Labute approximate surface area is 107 Å². The van der Waals surface area contributed by atoms with E-state index in [4.69, 9.17) is 23.2 Å². The van der Waals surface area contributed by atoms with Crippen molar-refractivity contribution in [3.63, 3.8) is 0 Å². The van der Waals surface area contributed by atoms with Crippen molar-refractivity contribution < 1.29 is 0 Å². The van der Waals surface area contributed by atoms with Crippen molar-refractivity contribution in [2.45, 2.75) is 13.5 Å². The van der Waals surface area contributed by atoms with Crippen molar-refractivity contribution >= 4 is 40.2 Å². The summed E-state index contributed by atoms with van der Waals surface area (Å²) in [6, 6.07) is 1.65. The zero-order valence-corrected chi connectivity index (χ0v) is 10.7. The van der Waals surface area contributed by atoms with Gasteiger partial charge in [-0.05, 0) is 6.92 Å². The van der Waals surface area contributed by atoms with E-state index in [1.54, 1.807) is 17.4 Å². The molecule has 0 atom stereocenters. The van der Waals surface area contributed by atoms with Crippen LogP contribution in [0, 0.1) is 6.92 Å². The first kappa shape index (κ1) is 11.6. The summed E-state index contributed by atoms with van der Waals surface area (Å²) >= 11 is 13.2. The second kappa shape index (κ2) is 4.95. The standard InChI is InChI=1S/C9H8Cl2N4S/c1-5-7(16-4-13-5)3-12-6-2-8(10)14-15-9(6)11/h2,4H,3H2,1H3,(H,12,14). The van der Waals surface area contributed by atoms with Gasteiger partial charge in [0.2, 0.25) is 0 Å². The molecule has 0 aromatic carbocycles. The maximum absolute atomic E-state index is 5.87. The Bertz CT molecular complexity index is 500. The molecule has 0 saturated carbocycles. The van der Waals surface area contributed by atoms with Crippen LogP contribution in [0.15, 0.2) is 11.6 Å². The number of nitrogens with one attached hydrogen (secondary N) is 1. The topological polar surface area (TPSA) is 50.7 Å². The fourth-order valence-electron chi connectivity index (χ4n) is 1.15. The summed E-state index contributed by atoms with van der Waals surface area (Å²) in [6.45, 7) is 2.62. The van der Waals surface area contributed by atoms with E-state index in [2.05, 4.69) is 20.5 Å². The number of nitrogens with zero attached hydrogens (tertiary/aromatic N) is 3. The molecule has 0 fully saturated rings. The Morgan fingerprint density at radius 1 is 1.38 bits per heavy atom. The predicted octanol–water partition coefficient (Wildman–Crippen LogP) is 3.16. The fraction of sp³-hybridized carbons (Fsp3) is 0.222.